The molecule has 5 heteroatoms. The van der Waals surface area contributed by atoms with Crippen LogP contribution in [0.2, 0.25) is 0 Å². The zero-order chi connectivity index (χ0) is 20.1. The number of benzene rings is 2. The molecule has 29 heavy (non-hydrogen) atoms. The number of pyridine rings is 1. The van der Waals surface area contributed by atoms with Gasteiger partial charge in [-0.15, -0.1) is 11.3 Å². The topological polar surface area (TPSA) is 52.1 Å². The zero-order valence-electron chi connectivity index (χ0n) is 16.0. The fraction of sp³-hybridized carbons (Fsp3) is 0.125. The Morgan fingerprint density at radius 2 is 1.93 bits per heavy atom. The normalized spacial score (nSPS) is 10.7. The molecule has 0 aliphatic carbocycles. The van der Waals surface area contributed by atoms with Crippen LogP contribution in [0.1, 0.15) is 29.3 Å². The number of hydrogen-bond donors (Lipinski definition) is 0. The second-order valence-corrected chi connectivity index (χ2v) is 7.46. The Hall–Kier alpha value is -3.31. The van der Waals surface area contributed by atoms with Gasteiger partial charge in [0, 0.05) is 28.9 Å². The summed E-state index contributed by atoms with van der Waals surface area (Å²) in [6.45, 7) is 2.17. The summed E-state index contributed by atoms with van der Waals surface area (Å²) < 4.78 is 5.53. The third-order valence-electron chi connectivity index (χ3n) is 4.52. The number of ether oxygens (including phenoxy) is 1. The van der Waals surface area contributed by atoms with E-state index in [-0.39, 0.29) is 5.97 Å². The van der Waals surface area contributed by atoms with E-state index < -0.39 is 0 Å². The van der Waals surface area contributed by atoms with Crippen LogP contribution in [0.5, 0.6) is 5.75 Å². The van der Waals surface area contributed by atoms with Crippen LogP contribution in [0.15, 0.2) is 78.4 Å². The summed E-state index contributed by atoms with van der Waals surface area (Å²) in [5.74, 6) is 0.125. The van der Waals surface area contributed by atoms with E-state index >= 15 is 0 Å². The number of aryl methyl sites for hydroxylation is 1. The Labute approximate surface area is 173 Å². The number of carbonyl (C=O) groups excluding carboxylic acids is 1. The van der Waals surface area contributed by atoms with Crippen molar-refractivity contribution in [2.24, 2.45) is 0 Å². The Morgan fingerprint density at radius 1 is 1.07 bits per heavy atom. The number of rotatable bonds is 6. The van der Waals surface area contributed by atoms with Crippen LogP contribution in [0.3, 0.4) is 0 Å². The van der Waals surface area contributed by atoms with Gasteiger partial charge in [0.05, 0.1) is 11.3 Å². The third kappa shape index (κ3) is 4.41. The largest absolute Gasteiger partial charge is 0.423 e. The Balaban J connectivity index is 1.58. The highest BCUT2D eigenvalue weighted by molar-refractivity contribution is 7.13. The van der Waals surface area contributed by atoms with Crippen molar-refractivity contribution in [3.05, 3.63) is 89.6 Å². The molecule has 4 nitrogen and oxygen atoms in total. The highest BCUT2D eigenvalue weighted by Crippen LogP contribution is 2.32. The van der Waals surface area contributed by atoms with Crippen LogP contribution < -0.4 is 4.74 Å². The SMILES string of the molecule is CCCc1ccncc1-c1nc(-c2cccc(OC(=O)c3ccccc3)c2)cs1. The first kappa shape index (κ1) is 19.0. The van der Waals surface area contributed by atoms with Crippen molar-refractivity contribution in [3.63, 3.8) is 0 Å². The molecule has 0 aliphatic rings. The van der Waals surface area contributed by atoms with Gasteiger partial charge in [0.15, 0.2) is 0 Å². The minimum atomic E-state index is -0.374. The van der Waals surface area contributed by atoms with E-state index in [1.807, 2.05) is 54.2 Å². The van der Waals surface area contributed by atoms with Crippen LogP contribution in [0, 0.1) is 0 Å². The fourth-order valence-electron chi connectivity index (χ4n) is 3.09. The molecule has 0 aliphatic heterocycles. The Bertz CT molecular complexity index is 1120. The highest BCUT2D eigenvalue weighted by atomic mass is 32.1. The summed E-state index contributed by atoms with van der Waals surface area (Å²) in [5.41, 5.74) is 4.63. The van der Waals surface area contributed by atoms with E-state index in [0.29, 0.717) is 11.3 Å². The van der Waals surface area contributed by atoms with E-state index in [0.717, 1.165) is 34.7 Å². The number of aromatic nitrogens is 2. The molecule has 0 bridgehead atoms. The van der Waals surface area contributed by atoms with Gasteiger partial charge in [0.1, 0.15) is 10.8 Å². The molecular weight excluding hydrogens is 380 g/mol. The lowest BCUT2D eigenvalue weighted by molar-refractivity contribution is 0.0735. The molecule has 2 heterocycles. The van der Waals surface area contributed by atoms with Gasteiger partial charge in [0.25, 0.3) is 0 Å². The molecule has 2 aromatic heterocycles. The lowest BCUT2D eigenvalue weighted by atomic mass is 10.1. The lowest BCUT2D eigenvalue weighted by Crippen LogP contribution is -2.08. The molecule has 0 saturated heterocycles. The van der Waals surface area contributed by atoms with Gasteiger partial charge in [-0.1, -0.05) is 43.7 Å². The molecule has 0 radical (unpaired) electrons. The predicted molar refractivity (Wildman–Crippen MR) is 116 cm³/mol. The molecule has 2 aromatic carbocycles. The summed E-state index contributed by atoms with van der Waals surface area (Å²) in [6, 6.07) is 18.5. The summed E-state index contributed by atoms with van der Waals surface area (Å²) in [5, 5.41) is 2.97. The van der Waals surface area contributed by atoms with Crippen LogP contribution in [-0.4, -0.2) is 15.9 Å². The summed E-state index contributed by atoms with van der Waals surface area (Å²) >= 11 is 1.60. The monoisotopic (exact) mass is 400 g/mol. The van der Waals surface area contributed by atoms with Gasteiger partial charge in [-0.2, -0.15) is 0 Å². The van der Waals surface area contributed by atoms with Gasteiger partial charge in [-0.05, 0) is 42.3 Å². The minimum absolute atomic E-state index is 0.374. The molecule has 144 valence electrons. The first-order valence-electron chi connectivity index (χ1n) is 9.51. The third-order valence-corrected chi connectivity index (χ3v) is 5.39. The van der Waals surface area contributed by atoms with Crippen molar-refractivity contribution in [3.8, 4) is 27.6 Å². The minimum Gasteiger partial charge on any atom is -0.423 e. The molecule has 0 saturated carbocycles. The second-order valence-electron chi connectivity index (χ2n) is 6.60. The van der Waals surface area contributed by atoms with Crippen LogP contribution in [-0.2, 0) is 6.42 Å². The number of thiazole rings is 1. The zero-order valence-corrected chi connectivity index (χ0v) is 16.9. The molecular formula is C24H20N2O2S. The standard InChI is InChI=1S/C24H20N2O2S/c1-2-7-17-12-13-25-15-21(17)23-26-22(16-29-23)19-10-6-11-20(14-19)28-24(27)18-8-4-3-5-9-18/h3-6,8-16H,2,7H2,1H3. The maximum Gasteiger partial charge on any atom is 0.343 e. The summed E-state index contributed by atoms with van der Waals surface area (Å²) in [6.07, 6.45) is 5.78. The van der Waals surface area contributed by atoms with E-state index in [4.69, 9.17) is 9.72 Å². The molecule has 0 amide bonds. The van der Waals surface area contributed by atoms with Crippen LogP contribution in [0.25, 0.3) is 21.8 Å². The number of hydrogen-bond acceptors (Lipinski definition) is 5. The fourth-order valence-corrected chi connectivity index (χ4v) is 3.97. The Kier molecular flexibility index (Phi) is 5.77. The maximum absolute atomic E-state index is 12.3. The lowest BCUT2D eigenvalue weighted by Gasteiger charge is -2.06. The molecule has 0 spiro atoms. The average molecular weight is 401 g/mol. The van der Waals surface area contributed by atoms with E-state index in [9.17, 15) is 4.79 Å². The van der Waals surface area contributed by atoms with Gasteiger partial charge < -0.3 is 4.74 Å². The van der Waals surface area contributed by atoms with E-state index in [1.54, 1.807) is 29.5 Å². The van der Waals surface area contributed by atoms with Crippen molar-refractivity contribution in [2.45, 2.75) is 19.8 Å². The predicted octanol–water partition coefficient (Wildman–Crippen LogP) is 6.04. The van der Waals surface area contributed by atoms with Gasteiger partial charge in [-0.25, -0.2) is 9.78 Å². The van der Waals surface area contributed by atoms with Gasteiger partial charge >= 0.3 is 5.97 Å². The smallest absolute Gasteiger partial charge is 0.343 e. The number of esters is 1. The van der Waals surface area contributed by atoms with Crippen molar-refractivity contribution < 1.29 is 9.53 Å². The molecule has 0 N–H and O–H groups in total. The highest BCUT2D eigenvalue weighted by Gasteiger charge is 2.12. The summed E-state index contributed by atoms with van der Waals surface area (Å²) in [4.78, 5) is 21.4. The molecule has 4 aromatic rings. The maximum atomic E-state index is 12.3. The molecule has 4 rings (SSSR count). The first-order valence-corrected chi connectivity index (χ1v) is 10.4. The van der Waals surface area contributed by atoms with E-state index in [1.165, 1.54) is 5.56 Å². The number of nitrogens with zero attached hydrogens (tertiary/aromatic N) is 2. The van der Waals surface area contributed by atoms with Crippen LogP contribution in [0.4, 0.5) is 0 Å². The Morgan fingerprint density at radius 3 is 2.76 bits per heavy atom. The summed E-state index contributed by atoms with van der Waals surface area (Å²) in [7, 11) is 0. The second kappa shape index (κ2) is 8.80. The van der Waals surface area contributed by atoms with Crippen molar-refractivity contribution >= 4 is 17.3 Å². The molecule has 0 unspecified atom stereocenters. The average Bonchev–Trinajstić information content (AvgIpc) is 3.25. The van der Waals surface area contributed by atoms with E-state index in [2.05, 4.69) is 18.0 Å². The molecule has 0 atom stereocenters. The van der Waals surface area contributed by atoms with Gasteiger partial charge in [-0.3, -0.25) is 4.98 Å². The van der Waals surface area contributed by atoms with Crippen molar-refractivity contribution in [1.82, 2.24) is 9.97 Å². The van der Waals surface area contributed by atoms with Crippen molar-refractivity contribution in [2.75, 3.05) is 0 Å². The quantitative estimate of drug-likeness (QED) is 0.292. The van der Waals surface area contributed by atoms with Crippen molar-refractivity contribution in [1.29, 1.82) is 0 Å². The van der Waals surface area contributed by atoms with Gasteiger partial charge in [0.2, 0.25) is 0 Å². The number of carbonyl (C=O) groups is 1. The molecule has 0 fully saturated rings. The van der Waals surface area contributed by atoms with Crippen LogP contribution >= 0.6 is 11.3 Å². The first-order chi connectivity index (χ1) is 14.2.